The predicted molar refractivity (Wildman–Crippen MR) is 80.2 cm³/mol. The molecule has 0 fully saturated rings. The molecule has 0 unspecified atom stereocenters. The Labute approximate surface area is 123 Å². The standard InChI is InChI=1S/C17H16N2O2/c20-16-8-4-7-15(9-16)13-21-17-10-18-19(12-17)11-14-5-2-1-3-6-14/h1-10,12,20H,11,13H2. The number of hydrogen-bond acceptors (Lipinski definition) is 3. The van der Waals surface area contributed by atoms with E-state index < -0.39 is 0 Å². The summed E-state index contributed by atoms with van der Waals surface area (Å²) in [6, 6.07) is 17.2. The summed E-state index contributed by atoms with van der Waals surface area (Å²) >= 11 is 0. The Bertz CT molecular complexity index is 708. The first-order chi connectivity index (χ1) is 10.3. The van der Waals surface area contributed by atoms with E-state index in [1.54, 1.807) is 24.4 Å². The molecule has 3 rings (SSSR count). The lowest BCUT2D eigenvalue weighted by molar-refractivity contribution is 0.305. The minimum atomic E-state index is 0.246. The molecule has 0 aliphatic heterocycles. The first-order valence-corrected chi connectivity index (χ1v) is 6.77. The van der Waals surface area contributed by atoms with Crippen LogP contribution >= 0.6 is 0 Å². The Hall–Kier alpha value is -2.75. The van der Waals surface area contributed by atoms with Gasteiger partial charge in [-0.25, -0.2) is 0 Å². The zero-order chi connectivity index (χ0) is 14.5. The van der Waals surface area contributed by atoms with Gasteiger partial charge in [-0.1, -0.05) is 42.5 Å². The van der Waals surface area contributed by atoms with Crippen molar-refractivity contribution in [3.05, 3.63) is 78.1 Å². The van der Waals surface area contributed by atoms with Crippen LogP contribution in [-0.4, -0.2) is 14.9 Å². The van der Waals surface area contributed by atoms with Gasteiger partial charge in [-0.3, -0.25) is 4.68 Å². The Morgan fingerprint density at radius 1 is 1.00 bits per heavy atom. The molecule has 0 bridgehead atoms. The van der Waals surface area contributed by atoms with E-state index in [1.807, 2.05) is 35.1 Å². The molecule has 0 atom stereocenters. The third-order valence-electron chi connectivity index (χ3n) is 3.11. The van der Waals surface area contributed by atoms with Crippen molar-refractivity contribution in [3.63, 3.8) is 0 Å². The Kier molecular flexibility index (Phi) is 3.87. The van der Waals surface area contributed by atoms with Crippen LogP contribution in [0, 0.1) is 0 Å². The van der Waals surface area contributed by atoms with Gasteiger partial charge in [0.25, 0.3) is 0 Å². The molecule has 0 saturated heterocycles. The number of rotatable bonds is 5. The van der Waals surface area contributed by atoms with Gasteiger partial charge in [0.2, 0.25) is 0 Å². The van der Waals surface area contributed by atoms with Crippen LogP contribution in [0.2, 0.25) is 0 Å². The summed E-state index contributed by atoms with van der Waals surface area (Å²) < 4.78 is 7.51. The summed E-state index contributed by atoms with van der Waals surface area (Å²) in [5.74, 6) is 0.963. The van der Waals surface area contributed by atoms with E-state index in [0.717, 1.165) is 12.1 Å². The van der Waals surface area contributed by atoms with Crippen molar-refractivity contribution in [3.8, 4) is 11.5 Å². The fraction of sp³-hybridized carbons (Fsp3) is 0.118. The fourth-order valence-corrected chi connectivity index (χ4v) is 2.09. The van der Waals surface area contributed by atoms with Crippen LogP contribution in [0.5, 0.6) is 11.5 Å². The van der Waals surface area contributed by atoms with Crippen molar-refractivity contribution in [2.45, 2.75) is 13.2 Å². The zero-order valence-electron chi connectivity index (χ0n) is 11.5. The number of phenolic OH excluding ortho intramolecular Hbond substituents is 1. The van der Waals surface area contributed by atoms with Crippen LogP contribution in [0.1, 0.15) is 11.1 Å². The second-order valence-electron chi connectivity index (χ2n) is 4.82. The minimum absolute atomic E-state index is 0.246. The first-order valence-electron chi connectivity index (χ1n) is 6.77. The molecule has 0 radical (unpaired) electrons. The SMILES string of the molecule is Oc1cccc(COc2cnn(Cc3ccccc3)c2)c1. The third-order valence-corrected chi connectivity index (χ3v) is 3.11. The lowest BCUT2D eigenvalue weighted by Crippen LogP contribution is -1.99. The molecule has 0 aliphatic carbocycles. The van der Waals surface area contributed by atoms with Gasteiger partial charge in [-0.05, 0) is 23.3 Å². The fourth-order valence-electron chi connectivity index (χ4n) is 2.09. The third kappa shape index (κ3) is 3.63. The maximum absolute atomic E-state index is 9.41. The molecule has 0 amide bonds. The van der Waals surface area contributed by atoms with E-state index in [-0.39, 0.29) is 5.75 Å². The number of hydrogen-bond donors (Lipinski definition) is 1. The summed E-state index contributed by atoms with van der Waals surface area (Å²) in [6.07, 6.45) is 3.57. The number of benzene rings is 2. The molecule has 0 saturated carbocycles. The maximum Gasteiger partial charge on any atom is 0.157 e. The number of ether oxygens (including phenoxy) is 1. The van der Waals surface area contributed by atoms with Crippen LogP contribution in [-0.2, 0) is 13.2 Å². The first kappa shape index (κ1) is 13.2. The Morgan fingerprint density at radius 2 is 1.81 bits per heavy atom. The predicted octanol–water partition coefficient (Wildman–Crippen LogP) is 3.22. The van der Waals surface area contributed by atoms with E-state index in [4.69, 9.17) is 4.74 Å². The van der Waals surface area contributed by atoms with Crippen molar-refractivity contribution < 1.29 is 9.84 Å². The molecule has 2 aromatic carbocycles. The molecule has 1 heterocycles. The Balaban J connectivity index is 1.60. The maximum atomic E-state index is 9.41. The average molecular weight is 280 g/mol. The van der Waals surface area contributed by atoms with Gasteiger partial charge in [-0.15, -0.1) is 0 Å². The van der Waals surface area contributed by atoms with E-state index in [1.165, 1.54) is 5.56 Å². The van der Waals surface area contributed by atoms with Crippen molar-refractivity contribution in [2.24, 2.45) is 0 Å². The van der Waals surface area contributed by atoms with Crippen LogP contribution in [0.3, 0.4) is 0 Å². The van der Waals surface area contributed by atoms with Gasteiger partial charge in [0.1, 0.15) is 12.4 Å². The summed E-state index contributed by atoms with van der Waals surface area (Å²) in [7, 11) is 0. The molecule has 4 nitrogen and oxygen atoms in total. The van der Waals surface area contributed by atoms with Crippen LogP contribution in [0.15, 0.2) is 67.0 Å². The van der Waals surface area contributed by atoms with Crippen LogP contribution in [0.4, 0.5) is 0 Å². The molecule has 3 aromatic rings. The second-order valence-corrected chi connectivity index (χ2v) is 4.82. The molecule has 0 aliphatic rings. The van der Waals surface area contributed by atoms with Crippen molar-refractivity contribution in [1.82, 2.24) is 9.78 Å². The highest BCUT2D eigenvalue weighted by molar-refractivity contribution is 5.27. The number of nitrogens with zero attached hydrogens (tertiary/aromatic N) is 2. The van der Waals surface area contributed by atoms with Crippen molar-refractivity contribution >= 4 is 0 Å². The topological polar surface area (TPSA) is 47.3 Å². The van der Waals surface area contributed by atoms with Gasteiger partial charge >= 0.3 is 0 Å². The van der Waals surface area contributed by atoms with Gasteiger partial charge in [0.15, 0.2) is 5.75 Å². The monoisotopic (exact) mass is 280 g/mol. The summed E-state index contributed by atoms with van der Waals surface area (Å²) in [5, 5.41) is 13.7. The highest BCUT2D eigenvalue weighted by Crippen LogP contribution is 2.15. The molecule has 106 valence electrons. The number of aromatic hydroxyl groups is 1. The summed E-state index contributed by atoms with van der Waals surface area (Å²) in [5.41, 5.74) is 2.12. The zero-order valence-corrected chi connectivity index (χ0v) is 11.5. The molecular formula is C17H16N2O2. The number of phenols is 1. The van der Waals surface area contributed by atoms with E-state index in [2.05, 4.69) is 17.2 Å². The Morgan fingerprint density at radius 3 is 2.62 bits per heavy atom. The lowest BCUT2D eigenvalue weighted by Gasteiger charge is -2.04. The van der Waals surface area contributed by atoms with Gasteiger partial charge in [0, 0.05) is 0 Å². The lowest BCUT2D eigenvalue weighted by atomic mass is 10.2. The quantitative estimate of drug-likeness (QED) is 0.780. The molecule has 1 aromatic heterocycles. The molecule has 4 heteroatoms. The van der Waals surface area contributed by atoms with Gasteiger partial charge in [0.05, 0.1) is 18.9 Å². The van der Waals surface area contributed by atoms with Crippen LogP contribution < -0.4 is 4.74 Å². The summed E-state index contributed by atoms with van der Waals surface area (Å²) in [4.78, 5) is 0. The van der Waals surface area contributed by atoms with E-state index in [9.17, 15) is 5.11 Å². The molecule has 21 heavy (non-hydrogen) atoms. The molecular weight excluding hydrogens is 264 g/mol. The smallest absolute Gasteiger partial charge is 0.157 e. The minimum Gasteiger partial charge on any atom is -0.508 e. The van der Waals surface area contributed by atoms with Gasteiger partial charge < -0.3 is 9.84 Å². The highest BCUT2D eigenvalue weighted by Gasteiger charge is 2.02. The average Bonchev–Trinajstić information content (AvgIpc) is 2.94. The molecule has 1 N–H and O–H groups in total. The normalized spacial score (nSPS) is 10.5. The second kappa shape index (κ2) is 6.13. The summed E-state index contributed by atoms with van der Waals surface area (Å²) in [6.45, 7) is 1.13. The van der Waals surface area contributed by atoms with Gasteiger partial charge in [-0.2, -0.15) is 5.10 Å². The van der Waals surface area contributed by atoms with Crippen molar-refractivity contribution in [2.75, 3.05) is 0 Å². The largest absolute Gasteiger partial charge is 0.508 e. The van der Waals surface area contributed by atoms with Crippen LogP contribution in [0.25, 0.3) is 0 Å². The van der Waals surface area contributed by atoms with E-state index >= 15 is 0 Å². The van der Waals surface area contributed by atoms with E-state index in [0.29, 0.717) is 12.4 Å². The molecule has 0 spiro atoms. The number of aromatic nitrogens is 2. The van der Waals surface area contributed by atoms with Crippen molar-refractivity contribution in [1.29, 1.82) is 0 Å². The highest BCUT2D eigenvalue weighted by atomic mass is 16.5.